The van der Waals surface area contributed by atoms with Gasteiger partial charge < -0.3 is 5.73 Å². The maximum absolute atomic E-state index is 5.72. The maximum atomic E-state index is 5.72. The van der Waals surface area contributed by atoms with Crippen molar-refractivity contribution in [3.63, 3.8) is 0 Å². The number of amidine groups is 1. The molecule has 0 aliphatic rings. The van der Waals surface area contributed by atoms with Crippen LogP contribution in [0.1, 0.15) is 13.8 Å². The SMILES string of the molecule is CC(C)C(N)=Nc1ccc(Br)cc1. The van der Waals surface area contributed by atoms with Crippen LogP contribution in [0.5, 0.6) is 0 Å². The molecule has 0 unspecified atom stereocenters. The lowest BCUT2D eigenvalue weighted by Crippen LogP contribution is -2.17. The summed E-state index contributed by atoms with van der Waals surface area (Å²) in [6.07, 6.45) is 0. The van der Waals surface area contributed by atoms with E-state index >= 15 is 0 Å². The lowest BCUT2D eigenvalue weighted by atomic mass is 10.2. The lowest BCUT2D eigenvalue weighted by Gasteiger charge is -2.03. The first-order valence-electron chi connectivity index (χ1n) is 4.19. The second-order valence-corrected chi connectivity index (χ2v) is 4.08. The molecule has 0 saturated heterocycles. The summed E-state index contributed by atoms with van der Waals surface area (Å²) < 4.78 is 1.05. The Morgan fingerprint density at radius 1 is 1.31 bits per heavy atom. The fourth-order valence-corrected chi connectivity index (χ4v) is 1.06. The van der Waals surface area contributed by atoms with Gasteiger partial charge in [-0.3, -0.25) is 0 Å². The van der Waals surface area contributed by atoms with Crippen LogP contribution in [0, 0.1) is 5.92 Å². The van der Waals surface area contributed by atoms with Gasteiger partial charge in [0.25, 0.3) is 0 Å². The smallest absolute Gasteiger partial charge is 0.102 e. The molecule has 0 saturated carbocycles. The summed E-state index contributed by atoms with van der Waals surface area (Å²) in [5.41, 5.74) is 6.62. The highest BCUT2D eigenvalue weighted by atomic mass is 79.9. The van der Waals surface area contributed by atoms with Gasteiger partial charge in [0.05, 0.1) is 5.69 Å². The molecule has 1 aromatic carbocycles. The summed E-state index contributed by atoms with van der Waals surface area (Å²) in [6, 6.07) is 7.76. The van der Waals surface area contributed by atoms with Gasteiger partial charge in [-0.15, -0.1) is 0 Å². The molecule has 0 atom stereocenters. The van der Waals surface area contributed by atoms with Crippen LogP contribution in [0.15, 0.2) is 33.7 Å². The molecule has 0 amide bonds. The predicted molar refractivity (Wildman–Crippen MR) is 60.3 cm³/mol. The fourth-order valence-electron chi connectivity index (χ4n) is 0.794. The van der Waals surface area contributed by atoms with Crippen molar-refractivity contribution in [2.45, 2.75) is 13.8 Å². The molecular formula is C10H13BrN2. The average Bonchev–Trinajstić information content (AvgIpc) is 2.08. The van der Waals surface area contributed by atoms with Gasteiger partial charge in [-0.1, -0.05) is 29.8 Å². The van der Waals surface area contributed by atoms with E-state index in [0.717, 1.165) is 10.2 Å². The predicted octanol–water partition coefficient (Wildman–Crippen LogP) is 3.09. The summed E-state index contributed by atoms with van der Waals surface area (Å²) in [7, 11) is 0. The van der Waals surface area contributed by atoms with Gasteiger partial charge in [-0.2, -0.15) is 0 Å². The third kappa shape index (κ3) is 3.19. The van der Waals surface area contributed by atoms with Crippen LogP contribution in [0.4, 0.5) is 5.69 Å². The summed E-state index contributed by atoms with van der Waals surface area (Å²) in [5.74, 6) is 0.964. The van der Waals surface area contributed by atoms with Crippen LogP contribution in [0.2, 0.25) is 0 Å². The van der Waals surface area contributed by atoms with Gasteiger partial charge in [0.1, 0.15) is 5.84 Å². The van der Waals surface area contributed by atoms with Gasteiger partial charge in [0.15, 0.2) is 0 Å². The zero-order chi connectivity index (χ0) is 9.84. The molecule has 0 fully saturated rings. The molecule has 1 aromatic rings. The van der Waals surface area contributed by atoms with E-state index in [1.807, 2.05) is 38.1 Å². The lowest BCUT2D eigenvalue weighted by molar-refractivity contribution is 0.873. The van der Waals surface area contributed by atoms with Gasteiger partial charge in [-0.05, 0) is 24.3 Å². The number of hydrogen-bond acceptors (Lipinski definition) is 1. The van der Waals surface area contributed by atoms with Crippen molar-refractivity contribution in [2.75, 3.05) is 0 Å². The number of hydrogen-bond donors (Lipinski definition) is 1. The van der Waals surface area contributed by atoms with E-state index in [9.17, 15) is 0 Å². The first-order valence-corrected chi connectivity index (χ1v) is 4.98. The fraction of sp³-hybridized carbons (Fsp3) is 0.300. The number of aliphatic imine (C=N–C) groups is 1. The van der Waals surface area contributed by atoms with Gasteiger partial charge in [0.2, 0.25) is 0 Å². The molecule has 0 heterocycles. The summed E-state index contributed by atoms with van der Waals surface area (Å²) in [6.45, 7) is 4.05. The monoisotopic (exact) mass is 240 g/mol. The van der Waals surface area contributed by atoms with Crippen LogP contribution >= 0.6 is 15.9 Å². The molecule has 0 aliphatic heterocycles. The third-order valence-corrected chi connectivity index (χ3v) is 2.21. The van der Waals surface area contributed by atoms with E-state index in [4.69, 9.17) is 5.73 Å². The Kier molecular flexibility index (Phi) is 3.48. The molecule has 1 rings (SSSR count). The minimum absolute atomic E-state index is 0.295. The molecule has 0 bridgehead atoms. The molecule has 2 nitrogen and oxygen atoms in total. The van der Waals surface area contributed by atoms with E-state index in [1.54, 1.807) is 0 Å². The van der Waals surface area contributed by atoms with Crippen molar-refractivity contribution in [3.05, 3.63) is 28.7 Å². The number of nitrogens with two attached hydrogens (primary N) is 1. The Morgan fingerprint density at radius 3 is 2.31 bits per heavy atom. The Bertz CT molecular complexity index is 301. The largest absolute Gasteiger partial charge is 0.387 e. The minimum atomic E-state index is 0.295. The van der Waals surface area contributed by atoms with Gasteiger partial charge in [0, 0.05) is 10.4 Å². The van der Waals surface area contributed by atoms with Crippen molar-refractivity contribution >= 4 is 27.5 Å². The van der Waals surface area contributed by atoms with Gasteiger partial charge >= 0.3 is 0 Å². The van der Waals surface area contributed by atoms with E-state index in [0.29, 0.717) is 11.8 Å². The molecule has 0 radical (unpaired) electrons. The second kappa shape index (κ2) is 4.42. The normalized spacial score (nSPS) is 12.2. The summed E-state index contributed by atoms with van der Waals surface area (Å²) >= 11 is 3.36. The standard InChI is InChI=1S/C10H13BrN2/c1-7(2)10(12)13-9-5-3-8(11)4-6-9/h3-7H,1-2H3,(H2,12,13). The Labute approximate surface area is 87.0 Å². The van der Waals surface area contributed by atoms with Crippen molar-refractivity contribution in [3.8, 4) is 0 Å². The quantitative estimate of drug-likeness (QED) is 0.627. The molecule has 0 aliphatic carbocycles. The number of nitrogens with zero attached hydrogens (tertiary/aromatic N) is 1. The van der Waals surface area contributed by atoms with Crippen LogP contribution in [-0.4, -0.2) is 5.84 Å². The number of benzene rings is 1. The minimum Gasteiger partial charge on any atom is -0.387 e. The first-order chi connectivity index (χ1) is 6.09. The van der Waals surface area contributed by atoms with Crippen molar-refractivity contribution in [1.29, 1.82) is 0 Å². The van der Waals surface area contributed by atoms with Crippen LogP contribution in [0.25, 0.3) is 0 Å². The summed E-state index contributed by atoms with van der Waals surface area (Å²) in [5, 5.41) is 0. The van der Waals surface area contributed by atoms with Crippen molar-refractivity contribution in [2.24, 2.45) is 16.6 Å². The third-order valence-electron chi connectivity index (χ3n) is 1.68. The highest BCUT2D eigenvalue weighted by molar-refractivity contribution is 9.10. The Hall–Kier alpha value is -0.830. The van der Waals surface area contributed by atoms with E-state index < -0.39 is 0 Å². The zero-order valence-electron chi connectivity index (χ0n) is 7.79. The molecule has 70 valence electrons. The zero-order valence-corrected chi connectivity index (χ0v) is 9.38. The van der Waals surface area contributed by atoms with Crippen molar-refractivity contribution < 1.29 is 0 Å². The Morgan fingerprint density at radius 2 is 1.85 bits per heavy atom. The highest BCUT2D eigenvalue weighted by Gasteiger charge is 1.98. The molecule has 0 spiro atoms. The van der Waals surface area contributed by atoms with Crippen LogP contribution in [0.3, 0.4) is 0 Å². The van der Waals surface area contributed by atoms with Crippen molar-refractivity contribution in [1.82, 2.24) is 0 Å². The average molecular weight is 241 g/mol. The maximum Gasteiger partial charge on any atom is 0.102 e. The van der Waals surface area contributed by atoms with E-state index in [-0.39, 0.29) is 0 Å². The highest BCUT2D eigenvalue weighted by Crippen LogP contribution is 2.17. The number of halogens is 1. The second-order valence-electron chi connectivity index (χ2n) is 3.17. The molecular weight excluding hydrogens is 228 g/mol. The summed E-state index contributed by atoms with van der Waals surface area (Å²) in [4.78, 5) is 4.27. The topological polar surface area (TPSA) is 38.4 Å². The van der Waals surface area contributed by atoms with E-state index in [1.165, 1.54) is 0 Å². The van der Waals surface area contributed by atoms with Gasteiger partial charge in [-0.25, -0.2) is 4.99 Å². The molecule has 13 heavy (non-hydrogen) atoms. The molecule has 2 N–H and O–H groups in total. The number of rotatable bonds is 2. The molecule has 3 heteroatoms. The van der Waals surface area contributed by atoms with Crippen LogP contribution in [-0.2, 0) is 0 Å². The van der Waals surface area contributed by atoms with E-state index in [2.05, 4.69) is 20.9 Å². The molecule has 0 aromatic heterocycles. The first kappa shape index (κ1) is 10.3. The Balaban J connectivity index is 2.85. The van der Waals surface area contributed by atoms with Crippen LogP contribution < -0.4 is 5.73 Å².